The molecule has 0 aliphatic carbocycles. The van der Waals surface area contributed by atoms with Crippen molar-refractivity contribution in [3.05, 3.63) is 41.7 Å². The number of imidazole rings is 1. The highest BCUT2D eigenvalue weighted by molar-refractivity contribution is 5.57. The molecule has 2 aliphatic heterocycles. The molecule has 2 aliphatic rings. The van der Waals surface area contributed by atoms with Gasteiger partial charge in [0.15, 0.2) is 0 Å². The van der Waals surface area contributed by atoms with Crippen LogP contribution in [0.4, 0.5) is 0 Å². The number of nitrogens with zero attached hydrogens (tertiary/aromatic N) is 2. The van der Waals surface area contributed by atoms with Crippen LogP contribution < -0.4 is 5.32 Å². The summed E-state index contributed by atoms with van der Waals surface area (Å²) in [7, 11) is 0. The lowest BCUT2D eigenvalue weighted by molar-refractivity contribution is 0.186. The van der Waals surface area contributed by atoms with Crippen LogP contribution in [0.15, 0.2) is 30.3 Å². The van der Waals surface area contributed by atoms with Gasteiger partial charge in [0.25, 0.3) is 0 Å². The van der Waals surface area contributed by atoms with Crippen molar-refractivity contribution in [2.75, 3.05) is 19.8 Å². The maximum Gasteiger partial charge on any atom is 0.140 e. The molecule has 1 atom stereocenters. The van der Waals surface area contributed by atoms with Gasteiger partial charge in [0.05, 0.1) is 18.3 Å². The summed E-state index contributed by atoms with van der Waals surface area (Å²) >= 11 is 0. The van der Waals surface area contributed by atoms with Gasteiger partial charge in [-0.15, -0.1) is 0 Å². The van der Waals surface area contributed by atoms with Crippen molar-refractivity contribution in [3.8, 4) is 11.4 Å². The molecule has 4 rings (SSSR count). The van der Waals surface area contributed by atoms with E-state index in [1.165, 1.54) is 17.0 Å². The Bertz CT molecular complexity index is 600. The van der Waals surface area contributed by atoms with E-state index in [-0.39, 0.29) is 0 Å². The predicted molar refractivity (Wildman–Crippen MR) is 77.5 cm³/mol. The molecular weight excluding hydrogens is 250 g/mol. The lowest BCUT2D eigenvalue weighted by Crippen LogP contribution is -2.26. The first-order valence-corrected chi connectivity index (χ1v) is 7.37. The van der Waals surface area contributed by atoms with E-state index in [1.54, 1.807) is 0 Å². The zero-order valence-electron chi connectivity index (χ0n) is 11.5. The van der Waals surface area contributed by atoms with Gasteiger partial charge < -0.3 is 14.6 Å². The van der Waals surface area contributed by atoms with Gasteiger partial charge in [-0.2, -0.15) is 0 Å². The second-order valence-electron chi connectivity index (χ2n) is 5.51. The lowest BCUT2D eigenvalue weighted by Gasteiger charge is -2.20. The van der Waals surface area contributed by atoms with Crippen molar-refractivity contribution in [1.29, 1.82) is 0 Å². The molecule has 1 unspecified atom stereocenters. The van der Waals surface area contributed by atoms with Gasteiger partial charge >= 0.3 is 0 Å². The van der Waals surface area contributed by atoms with E-state index >= 15 is 0 Å². The fourth-order valence-electron chi connectivity index (χ4n) is 3.24. The van der Waals surface area contributed by atoms with Crippen LogP contribution in [0.25, 0.3) is 11.4 Å². The van der Waals surface area contributed by atoms with Gasteiger partial charge in [-0.1, -0.05) is 30.3 Å². The number of hydrogen-bond donors (Lipinski definition) is 1. The Hall–Kier alpha value is -1.65. The molecule has 0 spiro atoms. The summed E-state index contributed by atoms with van der Waals surface area (Å²) in [6.45, 7) is 3.61. The Morgan fingerprint density at radius 1 is 1.25 bits per heavy atom. The van der Waals surface area contributed by atoms with Gasteiger partial charge in [-0.3, -0.25) is 0 Å². The van der Waals surface area contributed by atoms with Crippen LogP contribution in [0, 0.1) is 0 Å². The van der Waals surface area contributed by atoms with Crippen molar-refractivity contribution in [2.24, 2.45) is 0 Å². The van der Waals surface area contributed by atoms with Gasteiger partial charge in [0, 0.05) is 37.4 Å². The third-order valence-corrected chi connectivity index (χ3v) is 4.23. The fraction of sp³-hybridized carbons (Fsp3) is 0.438. The van der Waals surface area contributed by atoms with Gasteiger partial charge in [0.1, 0.15) is 5.82 Å². The van der Waals surface area contributed by atoms with Gasteiger partial charge in [0.2, 0.25) is 0 Å². The molecule has 1 N–H and O–H groups in total. The fourth-order valence-corrected chi connectivity index (χ4v) is 3.24. The number of ether oxygens (including phenoxy) is 1. The van der Waals surface area contributed by atoms with E-state index in [9.17, 15) is 0 Å². The van der Waals surface area contributed by atoms with Crippen molar-refractivity contribution >= 4 is 0 Å². The van der Waals surface area contributed by atoms with E-state index in [4.69, 9.17) is 9.72 Å². The number of hydrogen-bond acceptors (Lipinski definition) is 3. The van der Waals surface area contributed by atoms with Crippen LogP contribution in [-0.2, 0) is 17.7 Å². The van der Waals surface area contributed by atoms with Crippen molar-refractivity contribution in [3.63, 3.8) is 0 Å². The first-order valence-electron chi connectivity index (χ1n) is 7.37. The quantitative estimate of drug-likeness (QED) is 0.908. The third kappa shape index (κ3) is 1.96. The summed E-state index contributed by atoms with van der Waals surface area (Å²) < 4.78 is 8.04. The molecule has 4 heteroatoms. The molecule has 3 heterocycles. The van der Waals surface area contributed by atoms with Crippen molar-refractivity contribution < 1.29 is 4.74 Å². The predicted octanol–water partition coefficient (Wildman–Crippen LogP) is 2.16. The van der Waals surface area contributed by atoms with Crippen LogP contribution in [0.5, 0.6) is 0 Å². The molecule has 0 amide bonds. The first kappa shape index (κ1) is 12.1. The highest BCUT2D eigenvalue weighted by Crippen LogP contribution is 2.31. The SMILES string of the molecule is c1ccc(-c2nc3c(n2C2CCOC2)CCNC3)cc1. The zero-order chi connectivity index (χ0) is 13.4. The Labute approximate surface area is 118 Å². The minimum absolute atomic E-state index is 0.444. The second-order valence-corrected chi connectivity index (χ2v) is 5.51. The molecule has 0 saturated carbocycles. The molecule has 20 heavy (non-hydrogen) atoms. The Morgan fingerprint density at radius 3 is 2.95 bits per heavy atom. The summed E-state index contributed by atoms with van der Waals surface area (Å²) in [4.78, 5) is 4.91. The Morgan fingerprint density at radius 2 is 2.15 bits per heavy atom. The van der Waals surface area contributed by atoms with E-state index in [1.807, 2.05) is 0 Å². The number of rotatable bonds is 2. The zero-order valence-corrected chi connectivity index (χ0v) is 11.5. The third-order valence-electron chi connectivity index (χ3n) is 4.23. The van der Waals surface area contributed by atoms with Crippen LogP contribution in [0.3, 0.4) is 0 Å². The molecule has 2 aromatic rings. The maximum absolute atomic E-state index is 5.60. The molecule has 1 aromatic carbocycles. The summed E-state index contributed by atoms with van der Waals surface area (Å²) in [6, 6.07) is 10.9. The summed E-state index contributed by atoms with van der Waals surface area (Å²) in [6.07, 6.45) is 2.15. The first-order chi connectivity index (χ1) is 9.93. The standard InChI is InChI=1S/C16H19N3O/c1-2-4-12(5-3-1)16-18-14-10-17-8-6-15(14)19(16)13-7-9-20-11-13/h1-5,13,17H,6-11H2. The average Bonchev–Trinajstić information content (AvgIpc) is 3.14. The lowest BCUT2D eigenvalue weighted by atomic mass is 10.1. The molecule has 104 valence electrons. The molecule has 1 aromatic heterocycles. The molecule has 1 saturated heterocycles. The van der Waals surface area contributed by atoms with E-state index in [0.29, 0.717) is 6.04 Å². The van der Waals surface area contributed by atoms with Crippen LogP contribution in [0.2, 0.25) is 0 Å². The minimum atomic E-state index is 0.444. The Kier molecular flexibility index (Phi) is 3.05. The van der Waals surface area contributed by atoms with Gasteiger partial charge in [-0.25, -0.2) is 4.98 Å². The van der Waals surface area contributed by atoms with Gasteiger partial charge in [-0.05, 0) is 6.42 Å². The summed E-state index contributed by atoms with van der Waals surface area (Å²) in [5.74, 6) is 1.11. The molecule has 1 fully saturated rings. The number of nitrogens with one attached hydrogen (secondary N) is 1. The summed E-state index contributed by atoms with van der Waals surface area (Å²) in [5, 5.41) is 3.42. The highest BCUT2D eigenvalue weighted by atomic mass is 16.5. The monoisotopic (exact) mass is 269 g/mol. The van der Waals surface area contributed by atoms with Crippen LogP contribution in [0.1, 0.15) is 23.9 Å². The largest absolute Gasteiger partial charge is 0.379 e. The topological polar surface area (TPSA) is 39.1 Å². The second kappa shape index (κ2) is 5.04. The Balaban J connectivity index is 1.86. The van der Waals surface area contributed by atoms with Crippen LogP contribution >= 0.6 is 0 Å². The van der Waals surface area contributed by atoms with Crippen molar-refractivity contribution in [2.45, 2.75) is 25.4 Å². The van der Waals surface area contributed by atoms with E-state index in [0.717, 1.165) is 45.0 Å². The maximum atomic E-state index is 5.60. The molecule has 4 nitrogen and oxygen atoms in total. The van der Waals surface area contributed by atoms with Crippen LogP contribution in [-0.4, -0.2) is 29.3 Å². The molecular formula is C16H19N3O. The van der Waals surface area contributed by atoms with Crippen molar-refractivity contribution in [1.82, 2.24) is 14.9 Å². The number of fused-ring (bicyclic) bond motifs is 1. The molecule has 0 radical (unpaired) electrons. The van der Waals surface area contributed by atoms with E-state index < -0.39 is 0 Å². The molecule has 0 bridgehead atoms. The average molecular weight is 269 g/mol. The normalized spacial score (nSPS) is 21.9. The summed E-state index contributed by atoms with van der Waals surface area (Å²) in [5.41, 5.74) is 3.81. The van der Waals surface area contributed by atoms with E-state index in [2.05, 4.69) is 40.2 Å². The smallest absolute Gasteiger partial charge is 0.140 e. The number of benzene rings is 1. The number of aromatic nitrogens is 2. The highest BCUT2D eigenvalue weighted by Gasteiger charge is 2.27. The minimum Gasteiger partial charge on any atom is -0.379 e.